The average molecular weight is 343 g/mol. The Labute approximate surface area is 138 Å². The second-order valence-electron chi connectivity index (χ2n) is 5.10. The van der Waals surface area contributed by atoms with Gasteiger partial charge in [-0.05, 0) is 36.4 Å². The quantitative estimate of drug-likeness (QED) is 0.887. The van der Waals surface area contributed by atoms with Gasteiger partial charge in [0.05, 0.1) is 40.9 Å². The molecule has 1 amide bonds. The van der Waals surface area contributed by atoms with Gasteiger partial charge in [0.1, 0.15) is 5.75 Å². The summed E-state index contributed by atoms with van der Waals surface area (Å²) in [5.74, 6) is 0.184. The lowest BCUT2D eigenvalue weighted by Crippen LogP contribution is -2.14. The third kappa shape index (κ3) is 3.31. The number of amides is 1. The summed E-state index contributed by atoms with van der Waals surface area (Å²) < 4.78 is 32.8. The van der Waals surface area contributed by atoms with Gasteiger partial charge in [-0.15, -0.1) is 0 Å². The van der Waals surface area contributed by atoms with Crippen LogP contribution < -0.4 is 14.8 Å². The highest BCUT2D eigenvalue weighted by molar-refractivity contribution is 7.92. The number of anilines is 2. The fourth-order valence-electron chi connectivity index (χ4n) is 2.23. The van der Waals surface area contributed by atoms with E-state index in [1.165, 1.54) is 24.3 Å². The van der Waals surface area contributed by atoms with Crippen molar-refractivity contribution in [3.63, 3.8) is 0 Å². The summed E-state index contributed by atoms with van der Waals surface area (Å²) in [6.45, 7) is 0.240. The van der Waals surface area contributed by atoms with Gasteiger partial charge in [0.15, 0.2) is 0 Å². The summed E-state index contributed by atoms with van der Waals surface area (Å²) in [5.41, 5.74) is 0.938. The highest BCUT2D eigenvalue weighted by Crippen LogP contribution is 2.30. The maximum absolute atomic E-state index is 12.5. The second-order valence-corrected chi connectivity index (χ2v) is 6.79. The van der Waals surface area contributed by atoms with Gasteiger partial charge in [0.25, 0.3) is 10.0 Å². The molecule has 1 aliphatic heterocycles. The SMILES string of the molecule is N#Cc1cccc(NS(=O)(=O)c2ccc3c(c2)NC(=O)CCO3)c1. The number of ether oxygens (including phenoxy) is 1. The summed E-state index contributed by atoms with van der Waals surface area (Å²) in [6, 6.07) is 12.3. The van der Waals surface area contributed by atoms with E-state index < -0.39 is 10.0 Å². The molecule has 24 heavy (non-hydrogen) atoms. The van der Waals surface area contributed by atoms with Crippen molar-refractivity contribution in [2.45, 2.75) is 11.3 Å². The topological polar surface area (TPSA) is 108 Å². The number of fused-ring (bicyclic) bond motifs is 1. The first kappa shape index (κ1) is 15.8. The number of nitriles is 1. The zero-order valence-corrected chi connectivity index (χ0v) is 13.3. The Morgan fingerprint density at radius 3 is 2.83 bits per heavy atom. The summed E-state index contributed by atoms with van der Waals surface area (Å²) in [5, 5.41) is 11.5. The van der Waals surface area contributed by atoms with Gasteiger partial charge < -0.3 is 10.1 Å². The van der Waals surface area contributed by atoms with E-state index >= 15 is 0 Å². The fraction of sp³-hybridized carbons (Fsp3) is 0.125. The Bertz CT molecular complexity index is 948. The molecule has 2 aromatic carbocycles. The van der Waals surface area contributed by atoms with Crippen LogP contribution in [0.15, 0.2) is 47.4 Å². The lowest BCUT2D eigenvalue weighted by Gasteiger charge is -2.11. The van der Waals surface area contributed by atoms with Crippen LogP contribution in [0.3, 0.4) is 0 Å². The molecule has 2 N–H and O–H groups in total. The maximum atomic E-state index is 12.5. The molecular formula is C16H13N3O4S. The number of rotatable bonds is 3. The van der Waals surface area contributed by atoms with E-state index in [9.17, 15) is 13.2 Å². The first-order chi connectivity index (χ1) is 11.5. The van der Waals surface area contributed by atoms with Gasteiger partial charge in [0.2, 0.25) is 5.91 Å². The van der Waals surface area contributed by atoms with Crippen molar-refractivity contribution in [1.29, 1.82) is 5.26 Å². The standard InChI is InChI=1S/C16H13N3O4S/c17-10-11-2-1-3-12(8-11)19-24(21,22)13-4-5-15-14(9-13)18-16(20)6-7-23-15/h1-5,8-9,19H,6-7H2,(H,18,20). The predicted octanol–water partition coefficient (Wildman–Crippen LogP) is 2.08. The van der Waals surface area contributed by atoms with E-state index in [-0.39, 0.29) is 29.5 Å². The molecule has 3 rings (SSSR count). The number of nitrogens with one attached hydrogen (secondary N) is 2. The van der Waals surface area contributed by atoms with Gasteiger partial charge in [0, 0.05) is 0 Å². The molecule has 0 saturated heterocycles. The van der Waals surface area contributed by atoms with Gasteiger partial charge in [-0.1, -0.05) is 6.07 Å². The van der Waals surface area contributed by atoms with Crippen LogP contribution in [-0.4, -0.2) is 20.9 Å². The molecule has 1 heterocycles. The number of carbonyl (C=O) groups excluding carboxylic acids is 1. The highest BCUT2D eigenvalue weighted by atomic mass is 32.2. The first-order valence-electron chi connectivity index (χ1n) is 7.08. The normalized spacial score (nSPS) is 13.7. The van der Waals surface area contributed by atoms with Crippen molar-refractivity contribution in [3.05, 3.63) is 48.0 Å². The van der Waals surface area contributed by atoms with Crippen LogP contribution in [0.5, 0.6) is 5.75 Å². The number of nitrogens with zero attached hydrogens (tertiary/aromatic N) is 1. The lowest BCUT2D eigenvalue weighted by molar-refractivity contribution is -0.116. The number of hydrogen-bond acceptors (Lipinski definition) is 5. The zero-order valence-electron chi connectivity index (χ0n) is 12.4. The minimum Gasteiger partial charge on any atom is -0.491 e. The van der Waals surface area contributed by atoms with Crippen LogP contribution in [0.2, 0.25) is 0 Å². The van der Waals surface area contributed by atoms with E-state index in [1.54, 1.807) is 18.2 Å². The lowest BCUT2D eigenvalue weighted by atomic mass is 10.2. The third-order valence-corrected chi connectivity index (χ3v) is 4.74. The molecule has 7 nitrogen and oxygen atoms in total. The maximum Gasteiger partial charge on any atom is 0.261 e. The van der Waals surface area contributed by atoms with Gasteiger partial charge in [-0.3, -0.25) is 9.52 Å². The molecule has 8 heteroatoms. The Balaban J connectivity index is 1.92. The first-order valence-corrected chi connectivity index (χ1v) is 8.56. The second kappa shape index (κ2) is 6.22. The predicted molar refractivity (Wildman–Crippen MR) is 87.1 cm³/mol. The van der Waals surface area contributed by atoms with E-state index in [0.29, 0.717) is 17.0 Å². The minimum atomic E-state index is -3.87. The zero-order chi connectivity index (χ0) is 17.2. The molecule has 0 unspecified atom stereocenters. The van der Waals surface area contributed by atoms with Crippen LogP contribution in [0.4, 0.5) is 11.4 Å². The number of carbonyl (C=O) groups is 1. The summed E-state index contributed by atoms with van der Waals surface area (Å²) >= 11 is 0. The average Bonchev–Trinajstić information content (AvgIpc) is 2.74. The molecule has 0 spiro atoms. The number of sulfonamides is 1. The van der Waals surface area contributed by atoms with Crippen LogP contribution >= 0.6 is 0 Å². The van der Waals surface area contributed by atoms with Crippen molar-refractivity contribution in [3.8, 4) is 11.8 Å². The number of hydrogen-bond donors (Lipinski definition) is 2. The summed E-state index contributed by atoms with van der Waals surface area (Å²) in [7, 11) is -3.87. The Morgan fingerprint density at radius 2 is 2.04 bits per heavy atom. The van der Waals surface area contributed by atoms with E-state index in [4.69, 9.17) is 10.00 Å². The van der Waals surface area contributed by atoms with E-state index in [0.717, 1.165) is 0 Å². The molecule has 0 fully saturated rings. The Hall–Kier alpha value is -3.05. The van der Waals surface area contributed by atoms with Crippen molar-refractivity contribution >= 4 is 27.3 Å². The van der Waals surface area contributed by atoms with Crippen molar-refractivity contribution < 1.29 is 17.9 Å². The third-order valence-electron chi connectivity index (χ3n) is 3.37. The highest BCUT2D eigenvalue weighted by Gasteiger charge is 2.20. The molecule has 0 aliphatic carbocycles. The molecular weight excluding hydrogens is 330 g/mol. The summed E-state index contributed by atoms with van der Waals surface area (Å²) in [6.07, 6.45) is 0.204. The van der Waals surface area contributed by atoms with Gasteiger partial charge in [-0.2, -0.15) is 5.26 Å². The van der Waals surface area contributed by atoms with Crippen molar-refractivity contribution in [1.82, 2.24) is 0 Å². The molecule has 0 radical (unpaired) electrons. The largest absolute Gasteiger partial charge is 0.491 e. The summed E-state index contributed by atoms with van der Waals surface area (Å²) in [4.78, 5) is 11.6. The van der Waals surface area contributed by atoms with E-state index in [2.05, 4.69) is 10.0 Å². The van der Waals surface area contributed by atoms with Gasteiger partial charge in [-0.25, -0.2) is 8.42 Å². The Kier molecular flexibility index (Phi) is 4.10. The smallest absolute Gasteiger partial charge is 0.261 e. The monoisotopic (exact) mass is 343 g/mol. The molecule has 0 bridgehead atoms. The van der Waals surface area contributed by atoms with Crippen LogP contribution in [0.1, 0.15) is 12.0 Å². The van der Waals surface area contributed by atoms with Crippen LogP contribution in [-0.2, 0) is 14.8 Å². The molecule has 122 valence electrons. The van der Waals surface area contributed by atoms with Crippen molar-refractivity contribution in [2.75, 3.05) is 16.6 Å². The fourth-order valence-corrected chi connectivity index (χ4v) is 3.31. The van der Waals surface area contributed by atoms with Crippen LogP contribution in [0.25, 0.3) is 0 Å². The van der Waals surface area contributed by atoms with Crippen molar-refractivity contribution in [2.24, 2.45) is 0 Å². The Morgan fingerprint density at radius 1 is 1.21 bits per heavy atom. The van der Waals surface area contributed by atoms with Gasteiger partial charge >= 0.3 is 0 Å². The molecule has 0 atom stereocenters. The van der Waals surface area contributed by atoms with Crippen LogP contribution in [0, 0.1) is 11.3 Å². The minimum absolute atomic E-state index is 0.0191. The van der Waals surface area contributed by atoms with E-state index in [1.807, 2.05) is 6.07 Å². The molecule has 0 aromatic heterocycles. The molecule has 1 aliphatic rings. The molecule has 0 saturated carbocycles. The number of benzene rings is 2. The molecule has 2 aromatic rings.